The van der Waals surface area contributed by atoms with Gasteiger partial charge in [-0.15, -0.1) is 0 Å². The van der Waals surface area contributed by atoms with Crippen LogP contribution in [0.1, 0.15) is 37.5 Å². The van der Waals surface area contributed by atoms with Crippen molar-refractivity contribution in [1.82, 2.24) is 9.78 Å². The molecule has 1 heterocycles. The summed E-state index contributed by atoms with van der Waals surface area (Å²) in [5, 5.41) is 13.5. The molecule has 8 heteroatoms. The predicted molar refractivity (Wildman–Crippen MR) is 95.2 cm³/mol. The summed E-state index contributed by atoms with van der Waals surface area (Å²) in [6, 6.07) is 5.19. The van der Waals surface area contributed by atoms with Crippen LogP contribution >= 0.6 is 0 Å². The van der Waals surface area contributed by atoms with E-state index in [1.54, 1.807) is 30.7 Å². The summed E-state index contributed by atoms with van der Waals surface area (Å²) in [4.78, 5) is 0.125. The van der Waals surface area contributed by atoms with Crippen molar-refractivity contribution in [2.75, 3.05) is 11.8 Å². The highest BCUT2D eigenvalue weighted by molar-refractivity contribution is 7.92. The van der Waals surface area contributed by atoms with Crippen molar-refractivity contribution >= 4 is 15.8 Å². The Morgan fingerprint density at radius 3 is 2.40 bits per heavy atom. The highest BCUT2D eigenvalue weighted by Crippen LogP contribution is 2.28. The van der Waals surface area contributed by atoms with E-state index in [9.17, 15) is 13.7 Å². The van der Waals surface area contributed by atoms with Crippen LogP contribution in [-0.4, -0.2) is 25.3 Å². The number of nitrogens with one attached hydrogen (secondary N) is 1. The molecule has 0 saturated carbocycles. The molecule has 0 unspecified atom stereocenters. The minimum Gasteiger partial charge on any atom is -0.496 e. The van der Waals surface area contributed by atoms with Gasteiger partial charge in [-0.25, -0.2) is 8.42 Å². The third-order valence-corrected chi connectivity index (χ3v) is 5.22. The molecule has 7 nitrogen and oxygen atoms in total. The molecule has 0 saturated heterocycles. The van der Waals surface area contributed by atoms with Gasteiger partial charge in [0.1, 0.15) is 17.4 Å². The van der Waals surface area contributed by atoms with Gasteiger partial charge in [0.2, 0.25) is 0 Å². The lowest BCUT2D eigenvalue weighted by atomic mass is 10.1. The van der Waals surface area contributed by atoms with Gasteiger partial charge in [-0.3, -0.25) is 9.40 Å². The molecule has 0 aliphatic heterocycles. The van der Waals surface area contributed by atoms with Crippen molar-refractivity contribution in [3.05, 3.63) is 35.0 Å². The molecule has 0 aliphatic rings. The molecule has 134 valence electrons. The fraction of sp³-hybridized carbons (Fsp3) is 0.412. The van der Waals surface area contributed by atoms with Crippen LogP contribution in [0.25, 0.3) is 0 Å². The van der Waals surface area contributed by atoms with Gasteiger partial charge in [0.15, 0.2) is 5.82 Å². The maximum absolute atomic E-state index is 12.8. The minimum atomic E-state index is -3.89. The van der Waals surface area contributed by atoms with E-state index in [-0.39, 0.29) is 21.8 Å². The van der Waals surface area contributed by atoms with Gasteiger partial charge in [0.25, 0.3) is 10.0 Å². The maximum Gasteiger partial charge on any atom is 0.263 e. The van der Waals surface area contributed by atoms with Crippen LogP contribution in [0.4, 0.5) is 5.82 Å². The number of nitriles is 1. The summed E-state index contributed by atoms with van der Waals surface area (Å²) in [7, 11) is -2.35. The average molecular weight is 362 g/mol. The normalized spacial score (nSPS) is 11.9. The number of nitrogens with zero attached hydrogens (tertiary/aromatic N) is 3. The number of sulfonamides is 1. The number of benzene rings is 1. The van der Waals surface area contributed by atoms with E-state index in [1.807, 2.05) is 26.8 Å². The molecular formula is C17H22N4O3S. The van der Waals surface area contributed by atoms with Crippen LogP contribution in [0.2, 0.25) is 0 Å². The van der Waals surface area contributed by atoms with Crippen molar-refractivity contribution in [1.29, 1.82) is 5.26 Å². The molecule has 2 rings (SSSR count). The quantitative estimate of drug-likeness (QED) is 0.902. The molecule has 2 aromatic rings. The van der Waals surface area contributed by atoms with E-state index in [0.29, 0.717) is 16.9 Å². The summed E-state index contributed by atoms with van der Waals surface area (Å²) < 4.78 is 34.8. The monoisotopic (exact) mass is 362 g/mol. The largest absolute Gasteiger partial charge is 0.496 e. The van der Waals surface area contributed by atoms with E-state index >= 15 is 0 Å². The Balaban J connectivity index is 2.49. The van der Waals surface area contributed by atoms with Crippen molar-refractivity contribution in [3.63, 3.8) is 0 Å². The second-order valence-corrected chi connectivity index (χ2v) is 8.46. The lowest BCUT2D eigenvalue weighted by Crippen LogP contribution is -2.23. The van der Waals surface area contributed by atoms with Gasteiger partial charge in [-0.1, -0.05) is 0 Å². The van der Waals surface area contributed by atoms with Crippen LogP contribution < -0.4 is 9.46 Å². The van der Waals surface area contributed by atoms with Gasteiger partial charge in [-0.05, 0) is 57.9 Å². The Kier molecular flexibility index (Phi) is 4.82. The zero-order valence-corrected chi connectivity index (χ0v) is 16.0. The third-order valence-electron chi connectivity index (χ3n) is 3.73. The first-order valence-corrected chi connectivity index (χ1v) is 9.16. The first kappa shape index (κ1) is 18.8. The van der Waals surface area contributed by atoms with Crippen LogP contribution in [-0.2, 0) is 15.6 Å². The zero-order valence-electron chi connectivity index (χ0n) is 15.2. The van der Waals surface area contributed by atoms with Crippen LogP contribution in [0.5, 0.6) is 5.75 Å². The fourth-order valence-corrected chi connectivity index (χ4v) is 3.66. The van der Waals surface area contributed by atoms with Crippen molar-refractivity contribution in [2.24, 2.45) is 0 Å². The third kappa shape index (κ3) is 3.77. The number of rotatable bonds is 4. The molecule has 1 N–H and O–H groups in total. The molecule has 0 aliphatic carbocycles. The number of aryl methyl sites for hydroxylation is 2. The topological polar surface area (TPSA) is 97.0 Å². The number of methoxy groups -OCH3 is 1. The number of anilines is 1. The highest BCUT2D eigenvalue weighted by Gasteiger charge is 2.24. The summed E-state index contributed by atoms with van der Waals surface area (Å²) in [6.07, 6.45) is 1.53. The highest BCUT2D eigenvalue weighted by atomic mass is 32.2. The summed E-state index contributed by atoms with van der Waals surface area (Å²) in [6.45, 7) is 9.20. The van der Waals surface area contributed by atoms with Crippen LogP contribution in [0, 0.1) is 25.2 Å². The molecule has 0 fully saturated rings. The average Bonchev–Trinajstić information content (AvgIpc) is 2.91. The van der Waals surface area contributed by atoms with E-state index in [2.05, 4.69) is 9.82 Å². The fourth-order valence-electron chi connectivity index (χ4n) is 2.33. The second-order valence-electron chi connectivity index (χ2n) is 6.81. The summed E-state index contributed by atoms with van der Waals surface area (Å²) in [5.74, 6) is 0.636. The SMILES string of the molecule is COc1cc(C)c(S(=O)(=O)Nc2nn(C(C)(C)C)cc2C#N)cc1C. The molecule has 25 heavy (non-hydrogen) atoms. The predicted octanol–water partition coefficient (Wildman–Crippen LogP) is 2.94. The Morgan fingerprint density at radius 2 is 1.88 bits per heavy atom. The molecule has 0 radical (unpaired) electrons. The maximum atomic E-state index is 12.8. The lowest BCUT2D eigenvalue weighted by Gasteiger charge is -2.18. The van der Waals surface area contributed by atoms with Crippen LogP contribution in [0.15, 0.2) is 23.2 Å². The Morgan fingerprint density at radius 1 is 1.24 bits per heavy atom. The Labute approximate surface area is 148 Å². The van der Waals surface area contributed by atoms with Crippen molar-refractivity contribution in [2.45, 2.75) is 45.1 Å². The van der Waals surface area contributed by atoms with E-state index in [1.165, 1.54) is 13.3 Å². The first-order chi connectivity index (χ1) is 11.5. The summed E-state index contributed by atoms with van der Waals surface area (Å²) >= 11 is 0. The molecule has 0 bridgehead atoms. The number of aromatic nitrogens is 2. The molecule has 0 amide bonds. The Bertz CT molecular complexity index is 947. The molecule has 1 aromatic heterocycles. The van der Waals surface area contributed by atoms with Crippen molar-refractivity contribution < 1.29 is 13.2 Å². The standard InChI is InChI=1S/C17H22N4O3S/c1-11-8-15(12(2)7-14(11)24-6)25(22,23)20-16-13(9-18)10-21(19-16)17(3,4)5/h7-8,10H,1-6H3,(H,19,20). The van der Waals surface area contributed by atoms with E-state index in [4.69, 9.17) is 4.74 Å². The second kappa shape index (κ2) is 6.41. The van der Waals surface area contributed by atoms with E-state index < -0.39 is 10.0 Å². The van der Waals surface area contributed by atoms with Gasteiger partial charge in [0.05, 0.1) is 17.5 Å². The number of ether oxygens (including phenoxy) is 1. The molecule has 0 spiro atoms. The summed E-state index contributed by atoms with van der Waals surface area (Å²) in [5.41, 5.74) is 1.04. The molecule has 1 aromatic carbocycles. The van der Waals surface area contributed by atoms with Crippen molar-refractivity contribution in [3.8, 4) is 11.8 Å². The smallest absolute Gasteiger partial charge is 0.263 e. The Hall–Kier alpha value is -2.53. The van der Waals surface area contributed by atoms with Gasteiger partial charge in [-0.2, -0.15) is 10.4 Å². The zero-order chi connectivity index (χ0) is 19.0. The lowest BCUT2D eigenvalue weighted by molar-refractivity contribution is 0.356. The number of hydrogen-bond acceptors (Lipinski definition) is 5. The van der Waals surface area contributed by atoms with E-state index in [0.717, 1.165) is 0 Å². The minimum absolute atomic E-state index is 0.0188. The molecule has 0 atom stereocenters. The first-order valence-electron chi connectivity index (χ1n) is 7.68. The van der Waals surface area contributed by atoms with Gasteiger partial charge >= 0.3 is 0 Å². The number of hydrogen-bond donors (Lipinski definition) is 1. The van der Waals surface area contributed by atoms with Crippen LogP contribution in [0.3, 0.4) is 0 Å². The molecular weight excluding hydrogens is 340 g/mol. The van der Waals surface area contributed by atoms with Gasteiger partial charge < -0.3 is 4.74 Å². The van der Waals surface area contributed by atoms with Gasteiger partial charge in [0, 0.05) is 6.20 Å².